The van der Waals surface area contributed by atoms with Gasteiger partial charge in [-0.25, -0.2) is 4.79 Å². The van der Waals surface area contributed by atoms with Crippen molar-refractivity contribution in [2.75, 3.05) is 37.6 Å². The van der Waals surface area contributed by atoms with E-state index in [2.05, 4.69) is 0 Å². The molecular formula is C17H23N3O2. The average Bonchev–Trinajstić information content (AvgIpc) is 2.77. The molecular weight excluding hydrogens is 278 g/mol. The Morgan fingerprint density at radius 3 is 2.27 bits per heavy atom. The first-order chi connectivity index (χ1) is 10.8. The molecule has 3 rings (SSSR count). The van der Waals surface area contributed by atoms with Crippen molar-refractivity contribution < 1.29 is 9.59 Å². The zero-order valence-corrected chi connectivity index (χ0v) is 12.9. The van der Waals surface area contributed by atoms with Gasteiger partial charge in [0.2, 0.25) is 5.91 Å². The van der Waals surface area contributed by atoms with Gasteiger partial charge in [-0.05, 0) is 25.0 Å². The van der Waals surface area contributed by atoms with Gasteiger partial charge < -0.3 is 9.80 Å². The zero-order valence-electron chi connectivity index (χ0n) is 12.9. The average molecular weight is 301 g/mol. The third-order valence-corrected chi connectivity index (χ3v) is 4.45. The Bertz CT molecular complexity index is 524. The highest BCUT2D eigenvalue weighted by Gasteiger charge is 2.31. The van der Waals surface area contributed by atoms with Crippen LogP contribution >= 0.6 is 0 Å². The Balaban J connectivity index is 1.59. The molecule has 1 aromatic carbocycles. The van der Waals surface area contributed by atoms with E-state index in [1.165, 1.54) is 12.8 Å². The van der Waals surface area contributed by atoms with Gasteiger partial charge in [-0.15, -0.1) is 0 Å². The highest BCUT2D eigenvalue weighted by molar-refractivity contribution is 5.96. The zero-order chi connectivity index (χ0) is 15.4. The van der Waals surface area contributed by atoms with E-state index < -0.39 is 0 Å². The van der Waals surface area contributed by atoms with Crippen molar-refractivity contribution in [3.63, 3.8) is 0 Å². The summed E-state index contributed by atoms with van der Waals surface area (Å²) in [5, 5.41) is 0. The predicted octanol–water partition coefficient (Wildman–Crippen LogP) is 2.33. The smallest absolute Gasteiger partial charge is 0.325 e. The van der Waals surface area contributed by atoms with Gasteiger partial charge in [-0.3, -0.25) is 9.69 Å². The van der Waals surface area contributed by atoms with Gasteiger partial charge in [0.05, 0.1) is 0 Å². The van der Waals surface area contributed by atoms with Crippen molar-refractivity contribution in [1.29, 1.82) is 0 Å². The minimum atomic E-state index is -0.0608. The van der Waals surface area contributed by atoms with E-state index in [0.29, 0.717) is 13.1 Å². The lowest BCUT2D eigenvalue weighted by Gasteiger charge is -2.24. The Morgan fingerprint density at radius 1 is 0.909 bits per heavy atom. The number of para-hydroxylation sites is 1. The van der Waals surface area contributed by atoms with Gasteiger partial charge in [0.15, 0.2) is 0 Å². The number of urea groups is 1. The fourth-order valence-electron chi connectivity index (χ4n) is 3.16. The van der Waals surface area contributed by atoms with Crippen molar-refractivity contribution in [1.82, 2.24) is 9.80 Å². The normalized spacial score (nSPS) is 19.5. The van der Waals surface area contributed by atoms with Crippen LogP contribution in [0.1, 0.15) is 25.7 Å². The summed E-state index contributed by atoms with van der Waals surface area (Å²) >= 11 is 0. The maximum atomic E-state index is 12.5. The molecule has 2 aliphatic heterocycles. The largest absolute Gasteiger partial charge is 0.341 e. The first-order valence-corrected chi connectivity index (χ1v) is 8.15. The molecule has 0 radical (unpaired) electrons. The van der Waals surface area contributed by atoms with Crippen LogP contribution in [-0.4, -0.2) is 54.5 Å². The van der Waals surface area contributed by atoms with Gasteiger partial charge in [0.25, 0.3) is 0 Å². The Kier molecular flexibility index (Phi) is 4.61. The summed E-state index contributed by atoms with van der Waals surface area (Å²) in [4.78, 5) is 30.2. The van der Waals surface area contributed by atoms with E-state index in [0.717, 1.165) is 31.6 Å². The molecule has 0 bridgehead atoms. The molecule has 0 aliphatic carbocycles. The summed E-state index contributed by atoms with van der Waals surface area (Å²) in [6, 6.07) is 9.58. The lowest BCUT2D eigenvalue weighted by Crippen LogP contribution is -2.42. The van der Waals surface area contributed by atoms with Crippen LogP contribution in [0.15, 0.2) is 30.3 Å². The molecule has 5 nitrogen and oxygen atoms in total. The van der Waals surface area contributed by atoms with E-state index in [9.17, 15) is 9.59 Å². The number of carbonyl (C=O) groups excluding carboxylic acids is 2. The van der Waals surface area contributed by atoms with E-state index in [4.69, 9.17) is 0 Å². The number of amides is 3. The van der Waals surface area contributed by atoms with Crippen LogP contribution < -0.4 is 4.90 Å². The molecule has 0 aromatic heterocycles. The van der Waals surface area contributed by atoms with Crippen LogP contribution in [-0.2, 0) is 4.79 Å². The molecule has 1 aromatic rings. The van der Waals surface area contributed by atoms with Crippen molar-refractivity contribution in [2.24, 2.45) is 0 Å². The van der Waals surface area contributed by atoms with Gasteiger partial charge in [0.1, 0.15) is 6.54 Å². The maximum Gasteiger partial charge on any atom is 0.325 e. The summed E-state index contributed by atoms with van der Waals surface area (Å²) in [6.45, 7) is 3.15. The molecule has 0 atom stereocenters. The van der Waals surface area contributed by atoms with Gasteiger partial charge in [0, 0.05) is 31.9 Å². The number of anilines is 1. The minimum absolute atomic E-state index is 0.0608. The number of carbonyl (C=O) groups is 2. The Hall–Kier alpha value is -2.04. The molecule has 2 aliphatic rings. The maximum absolute atomic E-state index is 12.5. The van der Waals surface area contributed by atoms with Crippen LogP contribution in [0, 0.1) is 0 Å². The van der Waals surface area contributed by atoms with Gasteiger partial charge in [-0.2, -0.15) is 0 Å². The number of hydrogen-bond acceptors (Lipinski definition) is 2. The molecule has 0 saturated carbocycles. The summed E-state index contributed by atoms with van der Waals surface area (Å²) in [6.07, 6.45) is 4.56. The minimum Gasteiger partial charge on any atom is -0.341 e. The van der Waals surface area contributed by atoms with Crippen LogP contribution in [0.5, 0.6) is 0 Å². The van der Waals surface area contributed by atoms with E-state index in [1.807, 2.05) is 35.2 Å². The molecule has 3 amide bonds. The van der Waals surface area contributed by atoms with Gasteiger partial charge >= 0.3 is 6.03 Å². The standard InChI is InChI=1S/C17H23N3O2/c21-16(18-10-6-1-2-7-11-18)14-19-12-13-20(17(19)22)15-8-4-3-5-9-15/h3-5,8-9H,1-2,6-7,10-14H2. The predicted molar refractivity (Wildman–Crippen MR) is 85.8 cm³/mol. The van der Waals surface area contributed by atoms with Crippen LogP contribution in [0.2, 0.25) is 0 Å². The van der Waals surface area contributed by atoms with Crippen molar-refractivity contribution in [3.8, 4) is 0 Å². The number of nitrogens with zero attached hydrogens (tertiary/aromatic N) is 3. The molecule has 118 valence electrons. The molecule has 22 heavy (non-hydrogen) atoms. The second-order valence-corrected chi connectivity index (χ2v) is 5.99. The van der Waals surface area contributed by atoms with Crippen molar-refractivity contribution >= 4 is 17.6 Å². The first-order valence-electron chi connectivity index (χ1n) is 8.15. The molecule has 2 saturated heterocycles. The Labute approximate surface area is 131 Å². The fraction of sp³-hybridized carbons (Fsp3) is 0.529. The summed E-state index contributed by atoms with van der Waals surface area (Å²) in [5.74, 6) is 0.0881. The monoisotopic (exact) mass is 301 g/mol. The van der Waals surface area contributed by atoms with E-state index in [-0.39, 0.29) is 18.5 Å². The second-order valence-electron chi connectivity index (χ2n) is 5.99. The lowest BCUT2D eigenvalue weighted by molar-refractivity contribution is -0.131. The molecule has 0 spiro atoms. The van der Waals surface area contributed by atoms with Crippen molar-refractivity contribution in [3.05, 3.63) is 30.3 Å². The second kappa shape index (κ2) is 6.81. The molecule has 0 unspecified atom stereocenters. The summed E-state index contributed by atoms with van der Waals surface area (Å²) < 4.78 is 0. The quantitative estimate of drug-likeness (QED) is 0.860. The number of benzene rings is 1. The molecule has 5 heteroatoms. The van der Waals surface area contributed by atoms with Crippen molar-refractivity contribution in [2.45, 2.75) is 25.7 Å². The number of hydrogen-bond donors (Lipinski definition) is 0. The highest BCUT2D eigenvalue weighted by atomic mass is 16.2. The fourth-order valence-corrected chi connectivity index (χ4v) is 3.16. The van der Waals surface area contributed by atoms with Crippen LogP contribution in [0.4, 0.5) is 10.5 Å². The number of likely N-dealkylation sites (tertiary alicyclic amines) is 1. The molecule has 0 N–H and O–H groups in total. The highest BCUT2D eigenvalue weighted by Crippen LogP contribution is 2.20. The van der Waals surface area contributed by atoms with Crippen LogP contribution in [0.25, 0.3) is 0 Å². The van der Waals surface area contributed by atoms with Gasteiger partial charge in [-0.1, -0.05) is 31.0 Å². The number of rotatable bonds is 3. The summed E-state index contributed by atoms with van der Waals surface area (Å²) in [7, 11) is 0. The third-order valence-electron chi connectivity index (χ3n) is 4.45. The summed E-state index contributed by atoms with van der Waals surface area (Å²) in [5.41, 5.74) is 0.900. The first kappa shape index (κ1) is 14.9. The third kappa shape index (κ3) is 3.24. The SMILES string of the molecule is O=C(CN1CCN(c2ccccc2)C1=O)N1CCCCCC1. The molecule has 2 heterocycles. The Morgan fingerprint density at radius 2 is 1.59 bits per heavy atom. The lowest BCUT2D eigenvalue weighted by atomic mass is 10.2. The van der Waals surface area contributed by atoms with E-state index >= 15 is 0 Å². The molecule has 2 fully saturated rings. The van der Waals surface area contributed by atoms with E-state index in [1.54, 1.807) is 9.80 Å². The van der Waals surface area contributed by atoms with Crippen LogP contribution in [0.3, 0.4) is 0 Å². The topological polar surface area (TPSA) is 43.9 Å².